The first kappa shape index (κ1) is 18.0. The van der Waals surface area contributed by atoms with E-state index in [2.05, 4.69) is 4.99 Å². The van der Waals surface area contributed by atoms with Crippen molar-refractivity contribution in [3.8, 4) is 5.69 Å². The van der Waals surface area contributed by atoms with Crippen molar-refractivity contribution in [3.63, 3.8) is 0 Å². The van der Waals surface area contributed by atoms with Crippen molar-refractivity contribution in [3.05, 3.63) is 81.6 Å². The van der Waals surface area contributed by atoms with Crippen molar-refractivity contribution in [2.75, 3.05) is 0 Å². The van der Waals surface area contributed by atoms with Gasteiger partial charge >= 0.3 is 5.97 Å². The lowest BCUT2D eigenvalue weighted by Gasteiger charge is -2.11. The average Bonchev–Trinajstić information content (AvgIpc) is 2.86. The van der Waals surface area contributed by atoms with Gasteiger partial charge in [0.1, 0.15) is 0 Å². The summed E-state index contributed by atoms with van der Waals surface area (Å²) in [4.78, 5) is 15.7. The van der Waals surface area contributed by atoms with E-state index in [1.54, 1.807) is 12.1 Å². The monoisotopic (exact) mass is 366 g/mol. The highest BCUT2D eigenvalue weighted by Gasteiger charge is 2.13. The largest absolute Gasteiger partial charge is 0.478 e. The summed E-state index contributed by atoms with van der Waals surface area (Å²) in [6.07, 6.45) is 1.85. The van der Waals surface area contributed by atoms with Crippen molar-refractivity contribution in [1.82, 2.24) is 4.57 Å². The van der Waals surface area contributed by atoms with Crippen LogP contribution >= 0.6 is 11.6 Å². The Kier molecular flexibility index (Phi) is 4.96. The number of rotatable bonds is 4. The summed E-state index contributed by atoms with van der Waals surface area (Å²) in [5, 5.41) is 9.35. The molecule has 0 unspecified atom stereocenters. The van der Waals surface area contributed by atoms with E-state index in [4.69, 9.17) is 16.7 Å². The van der Waals surface area contributed by atoms with Crippen LogP contribution in [0.5, 0.6) is 0 Å². The van der Waals surface area contributed by atoms with Gasteiger partial charge in [-0.15, -0.1) is 0 Å². The molecule has 3 aromatic rings. The number of aliphatic imine (C=N–C) groups is 1. The van der Waals surface area contributed by atoms with Gasteiger partial charge in [-0.1, -0.05) is 23.7 Å². The number of benzene rings is 2. The smallest absolute Gasteiger partial charge is 0.337 e. The van der Waals surface area contributed by atoms with Gasteiger partial charge in [-0.3, -0.25) is 4.99 Å². The summed E-state index contributed by atoms with van der Waals surface area (Å²) in [5.41, 5.74) is 6.03. The molecule has 0 atom stereocenters. The summed E-state index contributed by atoms with van der Waals surface area (Å²) in [6.45, 7) is 6.04. The van der Waals surface area contributed by atoms with Crippen molar-refractivity contribution >= 4 is 29.5 Å². The summed E-state index contributed by atoms with van der Waals surface area (Å²) < 4.78 is 2.04. The molecule has 0 radical (unpaired) electrons. The summed E-state index contributed by atoms with van der Waals surface area (Å²) >= 11 is 6.12. The molecule has 1 aromatic heterocycles. The minimum absolute atomic E-state index is 0.0964. The Morgan fingerprint density at radius 2 is 1.88 bits per heavy atom. The number of aryl methyl sites for hydroxylation is 2. The second-order valence-corrected chi connectivity index (χ2v) is 6.64. The standard InChI is InChI=1S/C21H19ClN2O2/c1-13-5-4-6-17(9-13)23-12-16-10-14(2)24(15(16)3)18-7-8-19(21(25)26)20(22)11-18/h4-12H,1-3H3,(H,25,26). The molecule has 1 N–H and O–H groups in total. The molecular formula is C21H19ClN2O2. The minimum Gasteiger partial charge on any atom is -0.478 e. The lowest BCUT2D eigenvalue weighted by atomic mass is 10.2. The van der Waals surface area contributed by atoms with E-state index in [1.165, 1.54) is 11.6 Å². The highest BCUT2D eigenvalue weighted by molar-refractivity contribution is 6.33. The van der Waals surface area contributed by atoms with Gasteiger partial charge in [0.05, 0.1) is 16.3 Å². The fraction of sp³-hybridized carbons (Fsp3) is 0.143. The van der Waals surface area contributed by atoms with E-state index in [1.807, 2.05) is 61.9 Å². The Bertz CT molecular complexity index is 1020. The second-order valence-electron chi connectivity index (χ2n) is 6.23. The lowest BCUT2D eigenvalue weighted by Crippen LogP contribution is -2.02. The first-order valence-corrected chi connectivity index (χ1v) is 8.57. The van der Waals surface area contributed by atoms with Crippen LogP contribution in [0.25, 0.3) is 5.69 Å². The minimum atomic E-state index is -1.03. The molecule has 5 heteroatoms. The van der Waals surface area contributed by atoms with E-state index in [0.717, 1.165) is 28.3 Å². The molecule has 0 spiro atoms. The van der Waals surface area contributed by atoms with Crippen molar-refractivity contribution in [2.45, 2.75) is 20.8 Å². The third-order valence-electron chi connectivity index (χ3n) is 4.27. The molecule has 0 bridgehead atoms. The summed E-state index contributed by atoms with van der Waals surface area (Å²) in [7, 11) is 0. The molecule has 132 valence electrons. The van der Waals surface area contributed by atoms with E-state index < -0.39 is 5.97 Å². The lowest BCUT2D eigenvalue weighted by molar-refractivity contribution is 0.0697. The maximum absolute atomic E-state index is 11.1. The molecule has 3 rings (SSSR count). The van der Waals surface area contributed by atoms with Crippen LogP contribution in [-0.2, 0) is 0 Å². The molecule has 4 nitrogen and oxygen atoms in total. The van der Waals surface area contributed by atoms with Crippen molar-refractivity contribution in [1.29, 1.82) is 0 Å². The normalized spacial score (nSPS) is 11.2. The number of halogens is 1. The van der Waals surface area contributed by atoms with Crippen LogP contribution in [0.4, 0.5) is 5.69 Å². The molecule has 0 aliphatic rings. The first-order chi connectivity index (χ1) is 12.4. The number of carboxylic acid groups (broad SMARTS) is 1. The van der Waals surface area contributed by atoms with Crippen LogP contribution in [0.15, 0.2) is 53.5 Å². The Balaban J connectivity index is 1.98. The van der Waals surface area contributed by atoms with Gasteiger partial charge in [-0.25, -0.2) is 4.79 Å². The molecule has 0 aliphatic heterocycles. The van der Waals surface area contributed by atoms with Crippen LogP contribution in [-0.4, -0.2) is 21.9 Å². The van der Waals surface area contributed by atoms with Crippen LogP contribution < -0.4 is 0 Å². The zero-order chi connectivity index (χ0) is 18.8. The van der Waals surface area contributed by atoms with Gasteiger partial charge in [0.25, 0.3) is 0 Å². The fourth-order valence-corrected chi connectivity index (χ4v) is 3.24. The van der Waals surface area contributed by atoms with Crippen LogP contribution in [0.3, 0.4) is 0 Å². The van der Waals surface area contributed by atoms with Crippen molar-refractivity contribution in [2.24, 2.45) is 4.99 Å². The molecule has 0 fully saturated rings. The van der Waals surface area contributed by atoms with Gasteiger partial charge in [0.15, 0.2) is 0 Å². The molecule has 0 aliphatic carbocycles. The number of carbonyl (C=O) groups is 1. The van der Waals surface area contributed by atoms with Gasteiger partial charge < -0.3 is 9.67 Å². The third kappa shape index (κ3) is 3.55. The quantitative estimate of drug-likeness (QED) is 0.619. The number of hydrogen-bond donors (Lipinski definition) is 1. The summed E-state index contributed by atoms with van der Waals surface area (Å²) in [6, 6.07) is 15.0. The van der Waals surface area contributed by atoms with Crippen LogP contribution in [0, 0.1) is 20.8 Å². The Labute approximate surface area is 157 Å². The number of nitrogens with zero attached hydrogens (tertiary/aromatic N) is 2. The van der Waals surface area contributed by atoms with Gasteiger partial charge in [0.2, 0.25) is 0 Å². The number of carboxylic acids is 1. The Morgan fingerprint density at radius 3 is 2.54 bits per heavy atom. The highest BCUT2D eigenvalue weighted by Crippen LogP contribution is 2.25. The van der Waals surface area contributed by atoms with E-state index in [9.17, 15) is 4.79 Å². The number of aromatic nitrogens is 1. The number of aromatic carboxylic acids is 1. The number of hydrogen-bond acceptors (Lipinski definition) is 2. The van der Waals surface area contributed by atoms with Crippen molar-refractivity contribution < 1.29 is 9.90 Å². The maximum Gasteiger partial charge on any atom is 0.337 e. The molecule has 1 heterocycles. The average molecular weight is 367 g/mol. The second kappa shape index (κ2) is 7.18. The molecule has 26 heavy (non-hydrogen) atoms. The predicted octanol–water partition coefficient (Wildman–Crippen LogP) is 5.50. The van der Waals surface area contributed by atoms with Crippen LogP contribution in [0.2, 0.25) is 5.02 Å². The Hall–Kier alpha value is -2.85. The zero-order valence-electron chi connectivity index (χ0n) is 14.8. The summed E-state index contributed by atoms with van der Waals surface area (Å²) in [5.74, 6) is -1.03. The fourth-order valence-electron chi connectivity index (χ4n) is 2.98. The molecule has 0 saturated carbocycles. The van der Waals surface area contributed by atoms with E-state index in [0.29, 0.717) is 0 Å². The first-order valence-electron chi connectivity index (χ1n) is 8.19. The van der Waals surface area contributed by atoms with E-state index in [-0.39, 0.29) is 10.6 Å². The zero-order valence-corrected chi connectivity index (χ0v) is 15.6. The predicted molar refractivity (Wildman–Crippen MR) is 106 cm³/mol. The van der Waals surface area contributed by atoms with Gasteiger partial charge in [-0.2, -0.15) is 0 Å². The highest BCUT2D eigenvalue weighted by atomic mass is 35.5. The molecular weight excluding hydrogens is 348 g/mol. The van der Waals surface area contributed by atoms with E-state index >= 15 is 0 Å². The van der Waals surface area contributed by atoms with Gasteiger partial charge in [-0.05, 0) is 62.7 Å². The molecule has 2 aromatic carbocycles. The molecule has 0 saturated heterocycles. The van der Waals surface area contributed by atoms with Crippen LogP contribution in [0.1, 0.15) is 32.9 Å². The maximum atomic E-state index is 11.1. The Morgan fingerprint density at radius 1 is 1.12 bits per heavy atom. The van der Waals surface area contributed by atoms with Gasteiger partial charge in [0, 0.05) is 28.9 Å². The molecule has 0 amide bonds. The SMILES string of the molecule is Cc1cccc(N=Cc2cc(C)n(-c3ccc(C(=O)O)c(Cl)c3)c2C)c1. The topological polar surface area (TPSA) is 54.6 Å². The third-order valence-corrected chi connectivity index (χ3v) is 4.58.